The predicted octanol–water partition coefficient (Wildman–Crippen LogP) is 3.59. The number of hydrogen-bond acceptors (Lipinski definition) is 4. The Balaban J connectivity index is 1.95. The van der Waals surface area contributed by atoms with Crippen LogP contribution >= 0.6 is 23.1 Å². The number of quaternary nitrogens is 1. The first-order valence-corrected chi connectivity index (χ1v) is 11.1. The van der Waals surface area contributed by atoms with Crippen LogP contribution in [0, 0.1) is 0 Å². The molecule has 3 rings (SSSR count). The highest BCUT2D eigenvalue weighted by molar-refractivity contribution is 7.99. The Kier molecular flexibility index (Phi) is 6.88. The van der Waals surface area contributed by atoms with Gasteiger partial charge in [0.2, 0.25) is 0 Å². The fraction of sp³-hybridized carbons (Fsp3) is 0.333. The zero-order valence-corrected chi connectivity index (χ0v) is 17.7. The second-order valence-electron chi connectivity index (χ2n) is 6.66. The van der Waals surface area contributed by atoms with E-state index in [1.54, 1.807) is 23.1 Å². The van der Waals surface area contributed by atoms with Crippen LogP contribution in [0.2, 0.25) is 0 Å². The second kappa shape index (κ2) is 9.35. The van der Waals surface area contributed by atoms with Crippen molar-refractivity contribution in [3.63, 3.8) is 0 Å². The molecule has 27 heavy (non-hydrogen) atoms. The molecule has 0 spiro atoms. The fourth-order valence-corrected chi connectivity index (χ4v) is 4.71. The Morgan fingerprint density at radius 2 is 1.89 bits per heavy atom. The average molecular weight is 401 g/mol. The lowest BCUT2D eigenvalue weighted by atomic mass is 10.2. The molecule has 1 amide bonds. The van der Waals surface area contributed by atoms with Gasteiger partial charge in [-0.15, -0.1) is 11.8 Å². The van der Waals surface area contributed by atoms with Gasteiger partial charge in [0.1, 0.15) is 0 Å². The van der Waals surface area contributed by atoms with Crippen LogP contribution in [0.4, 0.5) is 5.13 Å². The number of hydrogen-bond donors (Lipinski definition) is 1. The van der Waals surface area contributed by atoms with Crippen molar-refractivity contribution in [3.8, 4) is 0 Å². The first kappa shape index (κ1) is 19.9. The van der Waals surface area contributed by atoms with Gasteiger partial charge in [0.25, 0.3) is 5.91 Å². The van der Waals surface area contributed by atoms with E-state index in [0.29, 0.717) is 6.54 Å². The number of amides is 1. The molecule has 0 bridgehead atoms. The van der Waals surface area contributed by atoms with Crippen LogP contribution in [0.3, 0.4) is 0 Å². The van der Waals surface area contributed by atoms with Crippen molar-refractivity contribution in [2.75, 3.05) is 37.8 Å². The van der Waals surface area contributed by atoms with Crippen LogP contribution in [0.25, 0.3) is 10.2 Å². The summed E-state index contributed by atoms with van der Waals surface area (Å²) in [6.45, 7) is 3.80. The summed E-state index contributed by atoms with van der Waals surface area (Å²) in [7, 11) is 4.27. The van der Waals surface area contributed by atoms with Crippen LogP contribution in [0.15, 0.2) is 53.4 Å². The standard InChI is InChI=1S/C21H25N3OS2/c1-4-26-18-12-7-5-10-16(18)20(25)24(15-9-14-23(2)3)21-22-17-11-6-8-13-19(17)27-21/h5-8,10-13H,4,9,14-15H2,1-3H3/p+1. The SMILES string of the molecule is CCSc1ccccc1C(=O)N(CCC[NH+](C)C)c1nc2ccccc2s1. The van der Waals surface area contributed by atoms with E-state index < -0.39 is 0 Å². The minimum Gasteiger partial charge on any atom is -0.340 e. The largest absolute Gasteiger partial charge is 0.340 e. The highest BCUT2D eigenvalue weighted by Gasteiger charge is 2.23. The number of para-hydroxylation sites is 1. The first-order valence-electron chi connectivity index (χ1n) is 9.28. The molecule has 0 aliphatic rings. The van der Waals surface area contributed by atoms with Gasteiger partial charge in [-0.2, -0.15) is 0 Å². The molecular weight excluding hydrogens is 374 g/mol. The lowest BCUT2D eigenvalue weighted by molar-refractivity contribution is -0.858. The number of carbonyl (C=O) groups excluding carboxylic acids is 1. The van der Waals surface area contributed by atoms with Gasteiger partial charge in [0.05, 0.1) is 36.4 Å². The van der Waals surface area contributed by atoms with Crippen molar-refractivity contribution in [1.29, 1.82) is 0 Å². The summed E-state index contributed by atoms with van der Waals surface area (Å²) in [6.07, 6.45) is 0.938. The molecule has 1 aromatic heterocycles. The molecule has 0 saturated heterocycles. The minimum absolute atomic E-state index is 0.0411. The fourth-order valence-electron chi connectivity index (χ4n) is 2.92. The van der Waals surface area contributed by atoms with Gasteiger partial charge in [0.15, 0.2) is 5.13 Å². The molecule has 3 aromatic rings. The van der Waals surface area contributed by atoms with Gasteiger partial charge in [-0.3, -0.25) is 9.69 Å². The topological polar surface area (TPSA) is 37.6 Å². The number of thioether (sulfide) groups is 1. The van der Waals surface area contributed by atoms with Gasteiger partial charge >= 0.3 is 0 Å². The third-order valence-corrected chi connectivity index (χ3v) is 6.25. The van der Waals surface area contributed by atoms with Crippen molar-refractivity contribution in [1.82, 2.24) is 4.98 Å². The van der Waals surface area contributed by atoms with E-state index in [0.717, 1.165) is 44.5 Å². The van der Waals surface area contributed by atoms with Crippen molar-refractivity contribution >= 4 is 44.4 Å². The van der Waals surface area contributed by atoms with Gasteiger partial charge < -0.3 is 4.90 Å². The minimum atomic E-state index is 0.0411. The van der Waals surface area contributed by atoms with E-state index in [4.69, 9.17) is 4.98 Å². The molecule has 2 aromatic carbocycles. The molecule has 0 fully saturated rings. The molecule has 6 heteroatoms. The van der Waals surface area contributed by atoms with Crippen molar-refractivity contribution in [2.45, 2.75) is 18.2 Å². The third kappa shape index (κ3) is 4.89. The Labute approximate surface area is 169 Å². The monoisotopic (exact) mass is 400 g/mol. The maximum atomic E-state index is 13.5. The third-order valence-electron chi connectivity index (χ3n) is 4.23. The van der Waals surface area contributed by atoms with Gasteiger partial charge in [-0.25, -0.2) is 4.98 Å². The Morgan fingerprint density at radius 3 is 2.63 bits per heavy atom. The normalized spacial score (nSPS) is 11.3. The van der Waals surface area contributed by atoms with Crippen molar-refractivity contribution < 1.29 is 9.69 Å². The quantitative estimate of drug-likeness (QED) is 0.587. The van der Waals surface area contributed by atoms with Crippen LogP contribution in [0.5, 0.6) is 0 Å². The Hall–Kier alpha value is -1.89. The molecule has 0 unspecified atom stereocenters. The second-order valence-corrected chi connectivity index (χ2v) is 8.98. The molecule has 0 saturated carbocycles. The van der Waals surface area contributed by atoms with Crippen LogP contribution in [-0.2, 0) is 0 Å². The zero-order chi connectivity index (χ0) is 19.2. The molecule has 0 radical (unpaired) electrons. The number of nitrogens with zero attached hydrogens (tertiary/aromatic N) is 2. The van der Waals surface area contributed by atoms with E-state index in [1.165, 1.54) is 4.90 Å². The van der Waals surface area contributed by atoms with Crippen LogP contribution < -0.4 is 9.80 Å². The van der Waals surface area contributed by atoms with Gasteiger partial charge in [-0.1, -0.05) is 42.5 Å². The predicted molar refractivity (Wildman–Crippen MR) is 116 cm³/mol. The number of carbonyl (C=O) groups is 1. The number of aromatic nitrogens is 1. The summed E-state index contributed by atoms with van der Waals surface area (Å²) in [5.41, 5.74) is 1.71. The highest BCUT2D eigenvalue weighted by Crippen LogP contribution is 2.31. The Morgan fingerprint density at radius 1 is 1.15 bits per heavy atom. The zero-order valence-electron chi connectivity index (χ0n) is 16.1. The molecule has 0 aliphatic heterocycles. The summed E-state index contributed by atoms with van der Waals surface area (Å²) in [5, 5.41) is 0.784. The van der Waals surface area contributed by atoms with E-state index in [1.807, 2.05) is 47.4 Å². The number of rotatable bonds is 8. The summed E-state index contributed by atoms with van der Waals surface area (Å²) in [6, 6.07) is 16.0. The molecule has 142 valence electrons. The van der Waals surface area contributed by atoms with E-state index in [2.05, 4.69) is 27.1 Å². The van der Waals surface area contributed by atoms with Crippen LogP contribution in [-0.4, -0.2) is 43.8 Å². The van der Waals surface area contributed by atoms with E-state index in [9.17, 15) is 4.79 Å². The van der Waals surface area contributed by atoms with Crippen molar-refractivity contribution in [3.05, 3.63) is 54.1 Å². The summed E-state index contributed by atoms with van der Waals surface area (Å²) >= 11 is 3.29. The molecular formula is C21H26N3OS2+. The summed E-state index contributed by atoms with van der Waals surface area (Å²) < 4.78 is 1.11. The summed E-state index contributed by atoms with van der Waals surface area (Å²) in [4.78, 5) is 22.5. The lowest BCUT2D eigenvalue weighted by Crippen LogP contribution is -3.05. The van der Waals surface area contributed by atoms with Gasteiger partial charge in [0, 0.05) is 17.9 Å². The molecule has 0 atom stereocenters. The number of anilines is 1. The smallest absolute Gasteiger partial charge is 0.261 e. The number of benzene rings is 2. The number of fused-ring (bicyclic) bond motifs is 1. The maximum Gasteiger partial charge on any atom is 0.261 e. The van der Waals surface area contributed by atoms with Crippen molar-refractivity contribution in [2.24, 2.45) is 0 Å². The van der Waals surface area contributed by atoms with E-state index >= 15 is 0 Å². The molecule has 0 aliphatic carbocycles. The van der Waals surface area contributed by atoms with E-state index in [-0.39, 0.29) is 5.91 Å². The molecule has 1 N–H and O–H groups in total. The number of nitrogens with one attached hydrogen (secondary N) is 1. The summed E-state index contributed by atoms with van der Waals surface area (Å²) in [5.74, 6) is 0.981. The number of thiazole rings is 1. The highest BCUT2D eigenvalue weighted by atomic mass is 32.2. The first-order chi connectivity index (χ1) is 13.1. The average Bonchev–Trinajstić information content (AvgIpc) is 3.09. The maximum absolute atomic E-state index is 13.5. The Bertz CT molecular complexity index is 874. The molecule has 4 nitrogen and oxygen atoms in total. The van der Waals surface area contributed by atoms with Crippen LogP contribution in [0.1, 0.15) is 23.7 Å². The van der Waals surface area contributed by atoms with Gasteiger partial charge in [-0.05, 0) is 30.0 Å². The molecule has 1 heterocycles. The lowest BCUT2D eigenvalue weighted by Gasteiger charge is -2.21.